The molecule has 3 heterocycles. The van der Waals surface area contributed by atoms with E-state index >= 15 is 0 Å². The van der Waals surface area contributed by atoms with Gasteiger partial charge in [0.2, 0.25) is 0 Å². The minimum absolute atomic E-state index is 0.0233. The molecule has 2 aliphatic rings. The van der Waals surface area contributed by atoms with Gasteiger partial charge in [-0.05, 0) is 46.1 Å². The van der Waals surface area contributed by atoms with Crippen LogP contribution in [0.3, 0.4) is 0 Å². The number of likely N-dealkylation sites (tertiary alicyclic amines) is 1. The molecule has 25 heavy (non-hydrogen) atoms. The smallest absolute Gasteiger partial charge is 0.410 e. The molecule has 1 aromatic heterocycles. The standard InChI is InChI=1S/C19H29N3O3/c1-19(2,3)25-18(23)22-10-5-4-8-16(22)15-7-6-9-20-17(15)21-11-13-24-14-12-21/h6-7,9,16H,4-5,8,10-14H2,1-3H3/t16-/m1/s1. The molecular formula is C19H29N3O3. The molecule has 0 aromatic carbocycles. The number of aromatic nitrogens is 1. The molecule has 0 unspecified atom stereocenters. The fourth-order valence-electron chi connectivity index (χ4n) is 3.50. The Balaban J connectivity index is 1.86. The number of rotatable bonds is 2. The number of pyridine rings is 1. The summed E-state index contributed by atoms with van der Waals surface area (Å²) in [6, 6.07) is 4.09. The molecule has 1 aromatic rings. The van der Waals surface area contributed by atoms with Crippen molar-refractivity contribution >= 4 is 11.9 Å². The van der Waals surface area contributed by atoms with Gasteiger partial charge in [-0.2, -0.15) is 0 Å². The van der Waals surface area contributed by atoms with Crippen molar-refractivity contribution < 1.29 is 14.3 Å². The molecule has 2 aliphatic heterocycles. The lowest BCUT2D eigenvalue weighted by molar-refractivity contribution is 0.00950. The molecule has 0 N–H and O–H groups in total. The molecule has 0 radical (unpaired) electrons. The van der Waals surface area contributed by atoms with Gasteiger partial charge in [-0.3, -0.25) is 0 Å². The molecule has 0 spiro atoms. The van der Waals surface area contributed by atoms with Crippen LogP contribution in [0.2, 0.25) is 0 Å². The molecule has 2 fully saturated rings. The number of nitrogens with zero attached hydrogens (tertiary/aromatic N) is 3. The summed E-state index contributed by atoms with van der Waals surface area (Å²) in [5, 5.41) is 0. The van der Waals surface area contributed by atoms with Crippen LogP contribution < -0.4 is 4.90 Å². The minimum atomic E-state index is -0.485. The molecule has 6 heteroatoms. The van der Waals surface area contributed by atoms with Gasteiger partial charge in [-0.15, -0.1) is 0 Å². The maximum atomic E-state index is 12.7. The maximum Gasteiger partial charge on any atom is 0.410 e. The van der Waals surface area contributed by atoms with Gasteiger partial charge in [0.25, 0.3) is 0 Å². The number of hydrogen-bond donors (Lipinski definition) is 0. The van der Waals surface area contributed by atoms with Crippen molar-refractivity contribution in [1.82, 2.24) is 9.88 Å². The Morgan fingerprint density at radius 2 is 2.00 bits per heavy atom. The summed E-state index contributed by atoms with van der Waals surface area (Å²) in [6.07, 6.45) is 4.68. The highest BCUT2D eigenvalue weighted by molar-refractivity contribution is 5.69. The predicted octanol–water partition coefficient (Wildman–Crippen LogP) is 3.38. The van der Waals surface area contributed by atoms with Crippen LogP contribution in [0, 0.1) is 0 Å². The van der Waals surface area contributed by atoms with Crippen molar-refractivity contribution in [2.24, 2.45) is 0 Å². The van der Waals surface area contributed by atoms with Crippen molar-refractivity contribution in [3.05, 3.63) is 23.9 Å². The average Bonchev–Trinajstić information content (AvgIpc) is 2.61. The lowest BCUT2D eigenvalue weighted by Crippen LogP contribution is -2.43. The highest BCUT2D eigenvalue weighted by Crippen LogP contribution is 2.36. The second-order valence-corrected chi connectivity index (χ2v) is 7.70. The van der Waals surface area contributed by atoms with Crippen molar-refractivity contribution in [3.8, 4) is 0 Å². The van der Waals surface area contributed by atoms with E-state index in [-0.39, 0.29) is 12.1 Å². The van der Waals surface area contributed by atoms with Crippen molar-refractivity contribution in [3.63, 3.8) is 0 Å². The van der Waals surface area contributed by atoms with Gasteiger partial charge in [0.1, 0.15) is 11.4 Å². The zero-order valence-corrected chi connectivity index (χ0v) is 15.5. The number of morpholine rings is 1. The summed E-state index contributed by atoms with van der Waals surface area (Å²) in [4.78, 5) is 21.5. The lowest BCUT2D eigenvalue weighted by Gasteiger charge is -2.39. The van der Waals surface area contributed by atoms with Crippen LogP contribution in [0.25, 0.3) is 0 Å². The molecule has 0 aliphatic carbocycles. The number of amides is 1. The first-order valence-corrected chi connectivity index (χ1v) is 9.23. The zero-order chi connectivity index (χ0) is 17.9. The summed E-state index contributed by atoms with van der Waals surface area (Å²) in [5.74, 6) is 0.978. The molecule has 0 saturated carbocycles. The first-order chi connectivity index (χ1) is 12.0. The number of carbonyl (C=O) groups is 1. The summed E-state index contributed by atoms with van der Waals surface area (Å²) in [5.41, 5.74) is 0.635. The summed E-state index contributed by atoms with van der Waals surface area (Å²) < 4.78 is 11.1. The van der Waals surface area contributed by atoms with Gasteiger partial charge in [-0.1, -0.05) is 6.07 Å². The molecule has 1 atom stereocenters. The van der Waals surface area contributed by atoms with Gasteiger partial charge in [0, 0.05) is 31.4 Å². The van der Waals surface area contributed by atoms with Crippen LogP contribution in [-0.2, 0) is 9.47 Å². The first-order valence-electron chi connectivity index (χ1n) is 9.23. The van der Waals surface area contributed by atoms with E-state index in [0.29, 0.717) is 0 Å². The number of ether oxygens (including phenoxy) is 2. The summed E-state index contributed by atoms with van der Waals surface area (Å²) >= 11 is 0. The Hall–Kier alpha value is -1.82. The maximum absolute atomic E-state index is 12.7. The van der Waals surface area contributed by atoms with E-state index < -0.39 is 5.60 Å². The highest BCUT2D eigenvalue weighted by atomic mass is 16.6. The van der Waals surface area contributed by atoms with E-state index in [9.17, 15) is 4.79 Å². The van der Waals surface area contributed by atoms with Gasteiger partial charge in [0.05, 0.1) is 19.3 Å². The average molecular weight is 347 g/mol. The van der Waals surface area contributed by atoms with E-state index in [0.717, 1.165) is 63.5 Å². The molecule has 2 saturated heterocycles. The molecular weight excluding hydrogens is 318 g/mol. The molecule has 6 nitrogen and oxygen atoms in total. The fraction of sp³-hybridized carbons (Fsp3) is 0.684. The van der Waals surface area contributed by atoms with E-state index in [2.05, 4.69) is 16.0 Å². The SMILES string of the molecule is CC(C)(C)OC(=O)N1CCCC[C@@H]1c1cccnc1N1CCOCC1. The van der Waals surface area contributed by atoms with Crippen LogP contribution in [0.1, 0.15) is 51.6 Å². The summed E-state index contributed by atoms with van der Waals surface area (Å²) in [6.45, 7) is 9.57. The number of piperidine rings is 1. The monoisotopic (exact) mass is 347 g/mol. The molecule has 138 valence electrons. The van der Waals surface area contributed by atoms with Crippen LogP contribution in [0.15, 0.2) is 18.3 Å². The van der Waals surface area contributed by atoms with Crippen molar-refractivity contribution in [1.29, 1.82) is 0 Å². The third-order valence-electron chi connectivity index (χ3n) is 4.62. The number of carbonyl (C=O) groups excluding carboxylic acids is 1. The fourth-order valence-corrected chi connectivity index (χ4v) is 3.50. The van der Waals surface area contributed by atoms with E-state index in [1.54, 1.807) is 0 Å². The van der Waals surface area contributed by atoms with Gasteiger partial charge in [-0.25, -0.2) is 9.78 Å². The Bertz CT molecular complexity index is 594. The Kier molecular flexibility index (Phi) is 5.47. The van der Waals surface area contributed by atoms with E-state index in [1.165, 1.54) is 0 Å². The quantitative estimate of drug-likeness (QED) is 0.821. The van der Waals surface area contributed by atoms with Crippen molar-refractivity contribution in [2.75, 3.05) is 37.7 Å². The normalized spacial score (nSPS) is 22.0. The molecule has 1 amide bonds. The van der Waals surface area contributed by atoms with Gasteiger partial charge >= 0.3 is 6.09 Å². The summed E-state index contributed by atoms with van der Waals surface area (Å²) in [7, 11) is 0. The topological polar surface area (TPSA) is 54.9 Å². The van der Waals surface area contributed by atoms with E-state index in [1.807, 2.05) is 37.9 Å². The van der Waals surface area contributed by atoms with Crippen LogP contribution in [0.4, 0.5) is 10.6 Å². The van der Waals surface area contributed by atoms with E-state index in [4.69, 9.17) is 9.47 Å². The first kappa shape index (κ1) is 18.0. The Labute approximate surface area is 150 Å². The van der Waals surface area contributed by atoms with Crippen LogP contribution >= 0.6 is 0 Å². The van der Waals surface area contributed by atoms with Crippen molar-refractivity contribution in [2.45, 2.75) is 51.7 Å². The molecule has 0 bridgehead atoms. The number of anilines is 1. The third-order valence-corrected chi connectivity index (χ3v) is 4.62. The van der Waals surface area contributed by atoms with Gasteiger partial charge in [0.15, 0.2) is 0 Å². The minimum Gasteiger partial charge on any atom is -0.444 e. The Morgan fingerprint density at radius 1 is 1.24 bits per heavy atom. The van der Waals surface area contributed by atoms with Crippen LogP contribution in [0.5, 0.6) is 0 Å². The Morgan fingerprint density at radius 3 is 2.72 bits per heavy atom. The van der Waals surface area contributed by atoms with Gasteiger partial charge < -0.3 is 19.3 Å². The second-order valence-electron chi connectivity index (χ2n) is 7.70. The highest BCUT2D eigenvalue weighted by Gasteiger charge is 2.33. The lowest BCUT2D eigenvalue weighted by atomic mass is 9.95. The second kappa shape index (κ2) is 7.60. The third kappa shape index (κ3) is 4.42. The predicted molar refractivity (Wildman–Crippen MR) is 96.8 cm³/mol. The number of hydrogen-bond acceptors (Lipinski definition) is 5. The largest absolute Gasteiger partial charge is 0.444 e. The molecule has 3 rings (SSSR count). The zero-order valence-electron chi connectivity index (χ0n) is 15.5. The van der Waals surface area contributed by atoms with Crippen LogP contribution in [-0.4, -0.2) is 54.4 Å².